The van der Waals surface area contributed by atoms with E-state index < -0.39 is 0 Å². The first-order chi connectivity index (χ1) is 14.1. The van der Waals surface area contributed by atoms with Crippen molar-refractivity contribution in [2.24, 2.45) is 0 Å². The zero-order valence-corrected chi connectivity index (χ0v) is 18.0. The van der Waals surface area contributed by atoms with Crippen molar-refractivity contribution in [3.05, 3.63) is 67.8 Å². The summed E-state index contributed by atoms with van der Waals surface area (Å²) in [5.41, 5.74) is 4.24. The van der Waals surface area contributed by atoms with E-state index >= 15 is 0 Å². The molecular formula is C20H21Cl2N5OS. The Morgan fingerprint density at radius 3 is 2.86 bits per heavy atom. The van der Waals surface area contributed by atoms with Gasteiger partial charge in [-0.3, -0.25) is 4.68 Å². The molecule has 0 aliphatic heterocycles. The summed E-state index contributed by atoms with van der Waals surface area (Å²) >= 11 is 13.2. The second-order valence-corrected chi connectivity index (χ2v) is 9.16. The van der Waals surface area contributed by atoms with Crippen LogP contribution < -0.4 is 10.6 Å². The number of fused-ring (bicyclic) bond motifs is 1. The quantitative estimate of drug-likeness (QED) is 0.576. The molecule has 2 amide bonds. The lowest BCUT2D eigenvalue weighted by molar-refractivity contribution is 0.235. The molecule has 2 N–H and O–H groups in total. The van der Waals surface area contributed by atoms with Gasteiger partial charge in [-0.25, -0.2) is 9.78 Å². The van der Waals surface area contributed by atoms with Gasteiger partial charge in [0.1, 0.15) is 4.34 Å². The molecule has 4 rings (SSSR count). The highest BCUT2D eigenvalue weighted by molar-refractivity contribution is 7.19. The van der Waals surface area contributed by atoms with Gasteiger partial charge in [-0.05, 0) is 24.8 Å². The van der Waals surface area contributed by atoms with Crippen LogP contribution in [-0.4, -0.2) is 27.3 Å². The average Bonchev–Trinajstić information content (AvgIpc) is 3.26. The van der Waals surface area contributed by atoms with E-state index in [4.69, 9.17) is 23.2 Å². The maximum absolute atomic E-state index is 12.4. The zero-order chi connectivity index (χ0) is 20.2. The number of amides is 2. The lowest BCUT2D eigenvalue weighted by atomic mass is 9.93. The molecule has 3 aromatic rings. The molecule has 1 unspecified atom stereocenters. The largest absolute Gasteiger partial charge is 0.338 e. The van der Waals surface area contributed by atoms with Crippen LogP contribution in [0.15, 0.2) is 36.5 Å². The third-order valence-electron chi connectivity index (χ3n) is 5.01. The minimum atomic E-state index is -0.198. The van der Waals surface area contributed by atoms with E-state index in [-0.39, 0.29) is 12.1 Å². The molecule has 1 aliphatic carbocycles. The number of halogens is 2. The van der Waals surface area contributed by atoms with Gasteiger partial charge in [0, 0.05) is 24.2 Å². The lowest BCUT2D eigenvalue weighted by Crippen LogP contribution is -2.39. The van der Waals surface area contributed by atoms with Gasteiger partial charge in [-0.1, -0.05) is 64.9 Å². The monoisotopic (exact) mass is 449 g/mol. The first kappa shape index (κ1) is 20.2. The molecule has 0 saturated carbocycles. The van der Waals surface area contributed by atoms with Crippen LogP contribution in [0.4, 0.5) is 4.79 Å². The fourth-order valence-electron chi connectivity index (χ4n) is 3.62. The van der Waals surface area contributed by atoms with Crippen molar-refractivity contribution < 1.29 is 4.79 Å². The first-order valence-corrected chi connectivity index (χ1v) is 11.1. The molecule has 2 heterocycles. The van der Waals surface area contributed by atoms with Gasteiger partial charge in [-0.2, -0.15) is 5.10 Å². The molecule has 2 aromatic heterocycles. The molecule has 1 aliphatic rings. The van der Waals surface area contributed by atoms with Gasteiger partial charge < -0.3 is 10.6 Å². The Balaban J connectivity index is 1.34. The van der Waals surface area contributed by atoms with Crippen molar-refractivity contribution in [3.63, 3.8) is 0 Å². The molecule has 1 aromatic carbocycles. The van der Waals surface area contributed by atoms with Gasteiger partial charge in [0.15, 0.2) is 4.47 Å². The first-order valence-electron chi connectivity index (χ1n) is 9.53. The van der Waals surface area contributed by atoms with Crippen LogP contribution in [0.5, 0.6) is 0 Å². The van der Waals surface area contributed by atoms with Gasteiger partial charge in [0.25, 0.3) is 0 Å². The van der Waals surface area contributed by atoms with Gasteiger partial charge in [-0.15, -0.1) is 0 Å². The number of nitrogens with one attached hydrogen (secondary N) is 2. The molecular weight excluding hydrogens is 429 g/mol. The Morgan fingerprint density at radius 2 is 2.10 bits per heavy atom. The van der Waals surface area contributed by atoms with Gasteiger partial charge in [0.05, 0.1) is 24.5 Å². The second-order valence-electron chi connectivity index (χ2n) is 6.97. The van der Waals surface area contributed by atoms with Crippen LogP contribution in [0.3, 0.4) is 0 Å². The van der Waals surface area contributed by atoms with Gasteiger partial charge in [0.2, 0.25) is 0 Å². The molecule has 0 fully saturated rings. The van der Waals surface area contributed by atoms with Crippen molar-refractivity contribution in [1.82, 2.24) is 25.4 Å². The topological polar surface area (TPSA) is 71.8 Å². The molecule has 0 radical (unpaired) electrons. The highest BCUT2D eigenvalue weighted by Gasteiger charge is 2.25. The van der Waals surface area contributed by atoms with Crippen LogP contribution in [0.1, 0.15) is 41.4 Å². The van der Waals surface area contributed by atoms with E-state index in [0.29, 0.717) is 27.5 Å². The SMILES string of the molecule is O=C(NCCc1nc(Cl)sc1Cl)NC1CCCc2c1cnn2Cc1ccccc1. The summed E-state index contributed by atoms with van der Waals surface area (Å²) in [6, 6.07) is 10.1. The van der Waals surface area contributed by atoms with E-state index in [1.54, 1.807) is 0 Å². The number of hydrogen-bond acceptors (Lipinski definition) is 4. The summed E-state index contributed by atoms with van der Waals surface area (Å²) in [7, 11) is 0. The number of aromatic nitrogens is 3. The number of carbonyl (C=O) groups is 1. The Labute approximate surface area is 183 Å². The van der Waals surface area contributed by atoms with Crippen LogP contribution in [0, 0.1) is 0 Å². The fourth-order valence-corrected chi connectivity index (χ4v) is 5.00. The summed E-state index contributed by atoms with van der Waals surface area (Å²) in [6.45, 7) is 1.19. The Morgan fingerprint density at radius 1 is 1.28 bits per heavy atom. The predicted octanol–water partition coefficient (Wildman–Crippen LogP) is 4.61. The highest BCUT2D eigenvalue weighted by atomic mass is 35.5. The number of benzene rings is 1. The third kappa shape index (κ3) is 4.91. The van der Waals surface area contributed by atoms with Crippen LogP contribution in [-0.2, 0) is 19.4 Å². The standard InChI is InChI=1S/C20H21Cl2N5OS/c21-18-16(25-19(22)29-18)9-10-23-20(28)26-15-7-4-8-17-14(15)11-24-27(17)12-13-5-2-1-3-6-13/h1-3,5-6,11,15H,4,7-10,12H2,(H2,23,26,28). The van der Waals surface area contributed by atoms with Crippen LogP contribution in [0.2, 0.25) is 8.80 Å². The molecule has 1 atom stereocenters. The van der Waals surface area contributed by atoms with Crippen molar-refractivity contribution in [1.29, 1.82) is 0 Å². The Hall–Kier alpha value is -2.09. The average molecular weight is 450 g/mol. The summed E-state index contributed by atoms with van der Waals surface area (Å²) in [4.78, 5) is 16.5. The molecule has 0 bridgehead atoms. The molecule has 0 spiro atoms. The van der Waals surface area contributed by atoms with E-state index in [1.807, 2.05) is 29.1 Å². The Kier molecular flexibility index (Phi) is 6.37. The maximum Gasteiger partial charge on any atom is 0.315 e. The molecule has 6 nitrogen and oxygen atoms in total. The van der Waals surface area contributed by atoms with Crippen molar-refractivity contribution in [3.8, 4) is 0 Å². The summed E-state index contributed by atoms with van der Waals surface area (Å²) < 4.78 is 3.03. The highest BCUT2D eigenvalue weighted by Crippen LogP contribution is 2.30. The number of hydrogen-bond donors (Lipinski definition) is 2. The summed E-state index contributed by atoms with van der Waals surface area (Å²) in [5, 5.41) is 10.5. The van der Waals surface area contributed by atoms with E-state index in [2.05, 4.69) is 32.8 Å². The van der Waals surface area contributed by atoms with Crippen molar-refractivity contribution in [2.75, 3.05) is 6.54 Å². The maximum atomic E-state index is 12.4. The van der Waals surface area contributed by atoms with E-state index in [0.717, 1.165) is 31.4 Å². The summed E-state index contributed by atoms with van der Waals surface area (Å²) in [5.74, 6) is 0. The zero-order valence-electron chi connectivity index (χ0n) is 15.7. The molecule has 9 heteroatoms. The Bertz CT molecular complexity index is 988. The normalized spacial score (nSPS) is 15.7. The minimum absolute atomic E-state index is 0.0272. The van der Waals surface area contributed by atoms with Crippen molar-refractivity contribution >= 4 is 40.6 Å². The van der Waals surface area contributed by atoms with E-state index in [1.165, 1.54) is 22.6 Å². The van der Waals surface area contributed by atoms with Crippen molar-refractivity contribution in [2.45, 2.75) is 38.3 Å². The van der Waals surface area contributed by atoms with Crippen LogP contribution in [0.25, 0.3) is 0 Å². The molecule has 152 valence electrons. The summed E-state index contributed by atoms with van der Waals surface area (Å²) in [6.07, 6.45) is 5.33. The van der Waals surface area contributed by atoms with Crippen LogP contribution >= 0.6 is 34.5 Å². The molecule has 0 saturated heterocycles. The third-order valence-corrected chi connectivity index (χ3v) is 6.45. The minimum Gasteiger partial charge on any atom is -0.338 e. The second kappa shape index (κ2) is 9.15. The number of carbonyl (C=O) groups excluding carboxylic acids is 1. The fraction of sp³-hybridized carbons (Fsp3) is 0.350. The molecule has 29 heavy (non-hydrogen) atoms. The number of urea groups is 1. The van der Waals surface area contributed by atoms with Gasteiger partial charge >= 0.3 is 6.03 Å². The smallest absolute Gasteiger partial charge is 0.315 e. The number of thiazole rings is 1. The number of rotatable bonds is 6. The number of nitrogens with zero attached hydrogens (tertiary/aromatic N) is 3. The lowest BCUT2D eigenvalue weighted by Gasteiger charge is -2.24. The predicted molar refractivity (Wildman–Crippen MR) is 116 cm³/mol. The van der Waals surface area contributed by atoms with E-state index in [9.17, 15) is 4.79 Å².